The Labute approximate surface area is 202 Å². The molecule has 0 radical (unpaired) electrons. The summed E-state index contributed by atoms with van der Waals surface area (Å²) in [5.74, 6) is 0.478. The van der Waals surface area contributed by atoms with E-state index in [1.807, 2.05) is 30.0 Å². The summed E-state index contributed by atoms with van der Waals surface area (Å²) in [5.41, 5.74) is 1.68. The molecule has 1 fully saturated rings. The quantitative estimate of drug-likeness (QED) is 0.459. The van der Waals surface area contributed by atoms with Crippen molar-refractivity contribution >= 4 is 34.7 Å². The van der Waals surface area contributed by atoms with E-state index in [0.717, 1.165) is 28.2 Å². The molecule has 0 spiro atoms. The lowest BCUT2D eigenvalue weighted by Crippen LogP contribution is -2.30. The van der Waals surface area contributed by atoms with Crippen LogP contribution in [0.25, 0.3) is 10.8 Å². The summed E-state index contributed by atoms with van der Waals surface area (Å²) in [6.07, 6.45) is -5.39. The Bertz CT molecular complexity index is 1150. The minimum atomic E-state index is -4.42. The average Bonchev–Trinajstić information content (AvgIpc) is 2.99. The van der Waals surface area contributed by atoms with Crippen LogP contribution in [-0.2, 0) is 6.18 Å². The molecule has 2 heterocycles. The Morgan fingerprint density at radius 1 is 1.12 bits per heavy atom. The van der Waals surface area contributed by atoms with Gasteiger partial charge < -0.3 is 15.5 Å². The molecular weight excluding hydrogens is 470 g/mol. The molecule has 0 saturated carbocycles. The predicted molar refractivity (Wildman–Crippen MR) is 130 cm³/mol. The molecule has 4 rings (SSSR count). The number of hydrogen-bond donors (Lipinski definition) is 2. The minimum Gasteiger partial charge on any atom is -0.367 e. The largest absolute Gasteiger partial charge is 0.416 e. The highest BCUT2D eigenvalue weighted by molar-refractivity contribution is 5.95. The van der Waals surface area contributed by atoms with Crippen LogP contribution in [0.5, 0.6) is 0 Å². The number of fused-ring (bicyclic) bond motifs is 1. The first-order chi connectivity index (χ1) is 15.6. The Morgan fingerprint density at radius 2 is 1.88 bits per heavy atom. The molecule has 1 aliphatic rings. The predicted octanol–water partition coefficient (Wildman–Crippen LogP) is 5.61. The molecule has 2 N–H and O–H groups in total. The number of aromatic nitrogens is 2. The van der Waals surface area contributed by atoms with Gasteiger partial charge in [0.15, 0.2) is 5.82 Å². The number of nitrogens with zero attached hydrogens (tertiary/aromatic N) is 3. The maximum absolute atomic E-state index is 14.1. The fraction of sp³-hybridized carbons (Fsp3) is 0.417. The third kappa shape index (κ3) is 5.36. The maximum atomic E-state index is 14.1. The lowest BCUT2D eigenvalue weighted by molar-refractivity contribution is -0.138. The van der Waals surface area contributed by atoms with Crippen LogP contribution < -0.4 is 15.5 Å². The summed E-state index contributed by atoms with van der Waals surface area (Å²) in [4.78, 5) is 1.99. The second-order valence-corrected chi connectivity index (χ2v) is 8.49. The number of nitrogens with one attached hydrogen (secondary N) is 2. The Hall–Kier alpha value is -2.65. The van der Waals surface area contributed by atoms with Gasteiger partial charge in [-0.25, -0.2) is 4.39 Å². The van der Waals surface area contributed by atoms with Gasteiger partial charge in [0.05, 0.1) is 23.8 Å². The third-order valence-corrected chi connectivity index (χ3v) is 6.16. The SMILES string of the molecule is Cc1c([C@@H](C)Nc2nnc(C)c3ccc(N4CCNCC(F)C4)cc23)cccc1C(F)(F)F.Cl. The lowest BCUT2D eigenvalue weighted by atomic mass is 9.97. The molecule has 0 amide bonds. The normalized spacial score (nSPS) is 17.7. The first-order valence-corrected chi connectivity index (χ1v) is 10.9. The van der Waals surface area contributed by atoms with Crippen LogP contribution in [0.1, 0.15) is 35.3 Å². The lowest BCUT2D eigenvalue weighted by Gasteiger charge is -2.24. The van der Waals surface area contributed by atoms with Crippen molar-refractivity contribution in [2.45, 2.75) is 39.2 Å². The Morgan fingerprint density at radius 3 is 2.62 bits per heavy atom. The van der Waals surface area contributed by atoms with Crippen LogP contribution >= 0.6 is 12.4 Å². The fourth-order valence-corrected chi connectivity index (χ4v) is 4.39. The highest BCUT2D eigenvalue weighted by Crippen LogP contribution is 2.36. The molecule has 0 aliphatic carbocycles. The van der Waals surface area contributed by atoms with Crippen LogP contribution in [0, 0.1) is 13.8 Å². The molecule has 2 atom stereocenters. The fourth-order valence-electron chi connectivity index (χ4n) is 4.39. The zero-order valence-corrected chi connectivity index (χ0v) is 20.0. The van der Waals surface area contributed by atoms with Crippen LogP contribution in [0.3, 0.4) is 0 Å². The zero-order chi connectivity index (χ0) is 23.8. The summed E-state index contributed by atoms with van der Waals surface area (Å²) in [6, 6.07) is 9.58. The Balaban J connectivity index is 0.00000324. The van der Waals surface area contributed by atoms with Gasteiger partial charge in [-0.2, -0.15) is 18.3 Å². The van der Waals surface area contributed by atoms with E-state index in [9.17, 15) is 17.6 Å². The number of benzene rings is 2. The van der Waals surface area contributed by atoms with E-state index in [-0.39, 0.29) is 18.0 Å². The van der Waals surface area contributed by atoms with Crippen LogP contribution in [-0.4, -0.2) is 42.5 Å². The summed E-state index contributed by atoms with van der Waals surface area (Å²) < 4.78 is 54.2. The summed E-state index contributed by atoms with van der Waals surface area (Å²) in [6.45, 7) is 7.11. The van der Waals surface area contributed by atoms with Crippen molar-refractivity contribution in [2.24, 2.45) is 0 Å². The van der Waals surface area contributed by atoms with Crippen LogP contribution in [0.15, 0.2) is 36.4 Å². The van der Waals surface area contributed by atoms with Crippen molar-refractivity contribution in [2.75, 3.05) is 36.4 Å². The number of hydrogen-bond acceptors (Lipinski definition) is 5. The van der Waals surface area contributed by atoms with E-state index in [0.29, 0.717) is 37.6 Å². The van der Waals surface area contributed by atoms with Gasteiger partial charge in [-0.05, 0) is 50.1 Å². The molecule has 34 heavy (non-hydrogen) atoms. The smallest absolute Gasteiger partial charge is 0.367 e. The van der Waals surface area contributed by atoms with E-state index in [4.69, 9.17) is 0 Å². The molecule has 1 saturated heterocycles. The summed E-state index contributed by atoms with van der Waals surface area (Å²) >= 11 is 0. The van der Waals surface area contributed by atoms with Crippen molar-refractivity contribution < 1.29 is 17.6 Å². The Kier molecular flexibility index (Phi) is 7.88. The molecule has 3 aromatic rings. The van der Waals surface area contributed by atoms with Crippen molar-refractivity contribution in [1.82, 2.24) is 15.5 Å². The van der Waals surface area contributed by atoms with E-state index >= 15 is 0 Å². The van der Waals surface area contributed by atoms with Gasteiger partial charge in [0.1, 0.15) is 6.17 Å². The van der Waals surface area contributed by atoms with Gasteiger partial charge in [-0.15, -0.1) is 17.5 Å². The molecule has 184 valence electrons. The van der Waals surface area contributed by atoms with Crippen LogP contribution in [0.2, 0.25) is 0 Å². The first kappa shape index (κ1) is 26.0. The monoisotopic (exact) mass is 497 g/mol. The van der Waals surface area contributed by atoms with E-state index in [1.54, 1.807) is 13.0 Å². The summed E-state index contributed by atoms with van der Waals surface area (Å²) in [5, 5.41) is 16.6. The molecule has 2 aromatic carbocycles. The number of alkyl halides is 4. The highest BCUT2D eigenvalue weighted by atomic mass is 35.5. The van der Waals surface area contributed by atoms with E-state index in [2.05, 4.69) is 20.8 Å². The third-order valence-electron chi connectivity index (χ3n) is 6.16. The minimum absolute atomic E-state index is 0. The van der Waals surface area contributed by atoms with Crippen molar-refractivity contribution in [3.05, 3.63) is 58.8 Å². The van der Waals surface area contributed by atoms with Gasteiger partial charge in [0, 0.05) is 36.1 Å². The number of aryl methyl sites for hydroxylation is 1. The average molecular weight is 498 g/mol. The van der Waals surface area contributed by atoms with E-state index in [1.165, 1.54) is 13.0 Å². The number of anilines is 2. The number of rotatable bonds is 4. The molecular formula is C24H28ClF4N5. The van der Waals surface area contributed by atoms with Gasteiger partial charge in [0.2, 0.25) is 0 Å². The van der Waals surface area contributed by atoms with Gasteiger partial charge in [-0.1, -0.05) is 18.2 Å². The van der Waals surface area contributed by atoms with Gasteiger partial charge >= 0.3 is 6.18 Å². The molecule has 10 heteroatoms. The molecule has 1 aliphatic heterocycles. The van der Waals surface area contributed by atoms with Gasteiger partial charge in [-0.3, -0.25) is 0 Å². The standard InChI is InChI=1S/C24H27F4N5.ClH/c1-14-19(5-4-6-22(14)24(26,27)28)15(2)30-23-21-11-18(7-8-20(21)16(3)31-32-23)33-10-9-29-12-17(25)13-33;/h4-8,11,15,17,29H,9-10,12-13H2,1-3H3,(H,30,32);1H/t15-,17?;/m1./s1. The summed E-state index contributed by atoms with van der Waals surface area (Å²) in [7, 11) is 0. The van der Waals surface area contributed by atoms with Crippen molar-refractivity contribution in [3.8, 4) is 0 Å². The van der Waals surface area contributed by atoms with Crippen molar-refractivity contribution in [1.29, 1.82) is 0 Å². The molecule has 1 unspecified atom stereocenters. The highest BCUT2D eigenvalue weighted by Gasteiger charge is 2.33. The number of halogens is 5. The first-order valence-electron chi connectivity index (χ1n) is 10.9. The second kappa shape index (κ2) is 10.3. The molecule has 5 nitrogen and oxygen atoms in total. The maximum Gasteiger partial charge on any atom is 0.416 e. The van der Waals surface area contributed by atoms with Crippen LogP contribution in [0.4, 0.5) is 29.1 Å². The van der Waals surface area contributed by atoms with E-state index < -0.39 is 24.0 Å². The van der Waals surface area contributed by atoms with Crippen molar-refractivity contribution in [3.63, 3.8) is 0 Å². The topological polar surface area (TPSA) is 53.1 Å². The zero-order valence-electron chi connectivity index (χ0n) is 19.2. The second-order valence-electron chi connectivity index (χ2n) is 8.49. The molecule has 0 bridgehead atoms. The molecule has 1 aromatic heterocycles. The van der Waals surface area contributed by atoms with Gasteiger partial charge in [0.25, 0.3) is 0 Å².